The van der Waals surface area contributed by atoms with Crippen molar-refractivity contribution in [2.24, 2.45) is 0 Å². The van der Waals surface area contributed by atoms with Crippen LogP contribution in [0, 0.1) is 0 Å². The van der Waals surface area contributed by atoms with Crippen LogP contribution >= 0.6 is 0 Å². The van der Waals surface area contributed by atoms with E-state index in [0.717, 1.165) is 16.9 Å². The lowest BCUT2D eigenvalue weighted by Gasteiger charge is -2.26. The number of phenolic OH excluding ortho intramolecular Hbond substituents is 1. The number of nitrogens with zero attached hydrogens (tertiary/aromatic N) is 1. The highest BCUT2D eigenvalue weighted by molar-refractivity contribution is 6.46. The fraction of sp³-hybridized carbons (Fsp3) is 0.214. The molecule has 0 saturated carbocycles. The van der Waals surface area contributed by atoms with E-state index in [0.29, 0.717) is 17.5 Å². The Hall–Kier alpha value is -4.26. The number of fused-ring (bicyclic) bond motifs is 1. The number of aliphatic hydroxyl groups excluding tert-OH is 1. The van der Waals surface area contributed by atoms with E-state index >= 15 is 0 Å². The molecule has 5 rings (SSSR count). The quantitative estimate of drug-likeness (QED) is 0.326. The van der Waals surface area contributed by atoms with Crippen LogP contribution < -0.4 is 9.47 Å². The molecule has 7 nitrogen and oxygen atoms in total. The first-order valence-electron chi connectivity index (χ1n) is 11.4. The van der Waals surface area contributed by atoms with Gasteiger partial charge in [-0.15, -0.1) is 0 Å². The third-order valence-electron chi connectivity index (χ3n) is 6.42. The van der Waals surface area contributed by atoms with E-state index in [1.807, 2.05) is 37.3 Å². The molecule has 2 heterocycles. The summed E-state index contributed by atoms with van der Waals surface area (Å²) >= 11 is 0. The lowest BCUT2D eigenvalue weighted by Crippen LogP contribution is -2.29. The number of ketones is 1. The van der Waals surface area contributed by atoms with Crippen molar-refractivity contribution >= 4 is 17.4 Å². The Bertz CT molecular complexity index is 1350. The smallest absolute Gasteiger partial charge is 0.295 e. The van der Waals surface area contributed by atoms with Gasteiger partial charge in [0.1, 0.15) is 17.6 Å². The predicted octanol–water partition coefficient (Wildman–Crippen LogP) is 4.35. The summed E-state index contributed by atoms with van der Waals surface area (Å²) in [5.41, 5.74) is 2.74. The van der Waals surface area contributed by atoms with Crippen molar-refractivity contribution in [2.75, 3.05) is 7.11 Å². The van der Waals surface area contributed by atoms with Crippen LogP contribution in [0.2, 0.25) is 0 Å². The number of aliphatic hydroxyl groups is 1. The summed E-state index contributed by atoms with van der Waals surface area (Å²) in [6.45, 7) is 2.14. The first-order valence-corrected chi connectivity index (χ1v) is 11.4. The van der Waals surface area contributed by atoms with Crippen molar-refractivity contribution < 1.29 is 29.3 Å². The van der Waals surface area contributed by atoms with Crippen LogP contribution in [-0.2, 0) is 22.6 Å². The highest BCUT2D eigenvalue weighted by Gasteiger charge is 2.46. The molecule has 3 aromatic rings. The summed E-state index contributed by atoms with van der Waals surface area (Å²) in [6.07, 6.45) is 0.723. The van der Waals surface area contributed by atoms with E-state index in [4.69, 9.17) is 9.47 Å². The number of methoxy groups -OCH3 is 1. The molecular formula is C28H25NO6. The average Bonchev–Trinajstić information content (AvgIpc) is 3.35. The number of likely N-dealkylation sites (tertiary alicyclic amines) is 1. The molecule has 1 fully saturated rings. The molecule has 0 aromatic heterocycles. The molecule has 0 spiro atoms. The minimum Gasteiger partial charge on any atom is -0.507 e. The maximum Gasteiger partial charge on any atom is 0.295 e. The fourth-order valence-electron chi connectivity index (χ4n) is 4.76. The number of aromatic hydroxyl groups is 1. The van der Waals surface area contributed by atoms with Gasteiger partial charge in [0, 0.05) is 18.5 Å². The van der Waals surface area contributed by atoms with E-state index in [1.165, 1.54) is 18.1 Å². The topological polar surface area (TPSA) is 96.3 Å². The molecule has 178 valence electrons. The number of hydrogen-bond acceptors (Lipinski definition) is 6. The summed E-state index contributed by atoms with van der Waals surface area (Å²) in [4.78, 5) is 28.0. The molecule has 0 unspecified atom stereocenters. The largest absolute Gasteiger partial charge is 0.507 e. The zero-order valence-corrected chi connectivity index (χ0v) is 19.4. The van der Waals surface area contributed by atoms with Crippen LogP contribution in [0.5, 0.6) is 17.2 Å². The fourth-order valence-corrected chi connectivity index (χ4v) is 4.76. The molecule has 2 atom stereocenters. The monoisotopic (exact) mass is 471 g/mol. The van der Waals surface area contributed by atoms with E-state index in [9.17, 15) is 19.8 Å². The average molecular weight is 472 g/mol. The SMILES string of the molecule is COc1cc([C@@H]2/C(=C(\O)c3ccc4c(c3)C[C@@H](C)O4)C(=O)C(=O)N2Cc2ccccc2)ccc1O. The van der Waals surface area contributed by atoms with Gasteiger partial charge in [0.2, 0.25) is 0 Å². The number of benzene rings is 3. The first-order chi connectivity index (χ1) is 16.9. The van der Waals surface area contributed by atoms with Crippen molar-refractivity contribution in [1.82, 2.24) is 4.90 Å². The minimum absolute atomic E-state index is 0.00872. The number of ether oxygens (including phenoxy) is 2. The molecule has 1 amide bonds. The second kappa shape index (κ2) is 8.83. The van der Waals surface area contributed by atoms with Crippen molar-refractivity contribution in [3.05, 3.63) is 94.6 Å². The molecule has 2 aliphatic rings. The Labute approximate surface area is 202 Å². The Morgan fingerprint density at radius 3 is 2.60 bits per heavy atom. The van der Waals surface area contributed by atoms with Gasteiger partial charge in [-0.2, -0.15) is 0 Å². The van der Waals surface area contributed by atoms with Crippen LogP contribution in [0.4, 0.5) is 0 Å². The molecule has 0 aliphatic carbocycles. The number of amides is 1. The highest BCUT2D eigenvalue weighted by Crippen LogP contribution is 2.43. The standard InChI is InChI=1S/C28H25NO6/c1-16-12-20-13-19(9-11-22(20)35-16)26(31)24-25(18-8-10-21(30)23(14-18)34-2)29(28(33)27(24)32)15-17-6-4-3-5-7-17/h3-11,13-14,16,25,30-31H,12,15H2,1-2H3/b26-24+/t16-,25-/m1/s1. The summed E-state index contributed by atoms with van der Waals surface area (Å²) in [5.74, 6) is -0.830. The van der Waals surface area contributed by atoms with Crippen LogP contribution in [0.25, 0.3) is 5.76 Å². The molecule has 2 N–H and O–H groups in total. The van der Waals surface area contributed by atoms with E-state index < -0.39 is 17.7 Å². The number of carbonyl (C=O) groups excluding carboxylic acids is 2. The van der Waals surface area contributed by atoms with E-state index in [-0.39, 0.29) is 35.5 Å². The van der Waals surface area contributed by atoms with E-state index in [2.05, 4.69) is 0 Å². The Morgan fingerprint density at radius 1 is 1.09 bits per heavy atom. The molecule has 3 aromatic carbocycles. The zero-order chi connectivity index (χ0) is 24.7. The Morgan fingerprint density at radius 2 is 1.86 bits per heavy atom. The van der Waals surface area contributed by atoms with Gasteiger partial charge in [-0.1, -0.05) is 36.4 Å². The lowest BCUT2D eigenvalue weighted by molar-refractivity contribution is -0.140. The van der Waals surface area contributed by atoms with Crippen LogP contribution in [0.3, 0.4) is 0 Å². The maximum absolute atomic E-state index is 13.3. The summed E-state index contributed by atoms with van der Waals surface area (Å²) in [6, 6.07) is 18.4. The van der Waals surface area contributed by atoms with Gasteiger partial charge in [-0.05, 0) is 53.9 Å². The third kappa shape index (κ3) is 3.99. The lowest BCUT2D eigenvalue weighted by atomic mass is 9.94. The number of hydrogen-bond donors (Lipinski definition) is 2. The number of phenols is 1. The van der Waals surface area contributed by atoms with Gasteiger partial charge in [0.25, 0.3) is 11.7 Å². The van der Waals surface area contributed by atoms with Crippen molar-refractivity contribution in [1.29, 1.82) is 0 Å². The Balaban J connectivity index is 1.65. The van der Waals surface area contributed by atoms with Gasteiger partial charge in [-0.3, -0.25) is 9.59 Å². The molecule has 35 heavy (non-hydrogen) atoms. The Kier molecular flexibility index (Phi) is 5.68. The van der Waals surface area contributed by atoms with Gasteiger partial charge < -0.3 is 24.6 Å². The van der Waals surface area contributed by atoms with Crippen molar-refractivity contribution in [3.63, 3.8) is 0 Å². The summed E-state index contributed by atoms with van der Waals surface area (Å²) in [7, 11) is 1.42. The molecule has 7 heteroatoms. The van der Waals surface area contributed by atoms with Crippen LogP contribution in [-0.4, -0.2) is 40.0 Å². The maximum atomic E-state index is 13.3. The second-order valence-corrected chi connectivity index (χ2v) is 8.80. The number of rotatable bonds is 5. The third-order valence-corrected chi connectivity index (χ3v) is 6.42. The van der Waals surface area contributed by atoms with Gasteiger partial charge in [-0.25, -0.2) is 0 Å². The van der Waals surface area contributed by atoms with Crippen LogP contribution in [0.1, 0.15) is 35.2 Å². The van der Waals surface area contributed by atoms with Crippen molar-refractivity contribution in [2.45, 2.75) is 32.0 Å². The molecule has 1 saturated heterocycles. The zero-order valence-electron chi connectivity index (χ0n) is 19.4. The normalized spacial score (nSPS) is 20.6. The van der Waals surface area contributed by atoms with Gasteiger partial charge in [0.15, 0.2) is 11.5 Å². The summed E-state index contributed by atoms with van der Waals surface area (Å²) < 4.78 is 11.0. The van der Waals surface area contributed by atoms with Crippen LogP contribution in [0.15, 0.2) is 72.3 Å². The molecular weight excluding hydrogens is 446 g/mol. The molecule has 0 radical (unpaired) electrons. The number of carbonyl (C=O) groups is 2. The highest BCUT2D eigenvalue weighted by atomic mass is 16.5. The van der Waals surface area contributed by atoms with Crippen molar-refractivity contribution in [3.8, 4) is 17.2 Å². The molecule has 2 aliphatic heterocycles. The first kappa shape index (κ1) is 22.5. The second-order valence-electron chi connectivity index (χ2n) is 8.80. The van der Waals surface area contributed by atoms with Gasteiger partial charge >= 0.3 is 0 Å². The van der Waals surface area contributed by atoms with E-state index in [1.54, 1.807) is 30.3 Å². The summed E-state index contributed by atoms with van der Waals surface area (Å²) in [5, 5.41) is 21.5. The predicted molar refractivity (Wildman–Crippen MR) is 129 cm³/mol. The van der Waals surface area contributed by atoms with Gasteiger partial charge in [0.05, 0.1) is 18.7 Å². The molecule has 0 bridgehead atoms. The minimum atomic E-state index is -0.867. The number of Topliss-reactive ketones (excluding diaryl/α,β-unsaturated/α-hetero) is 1.